The van der Waals surface area contributed by atoms with E-state index in [9.17, 15) is 0 Å². The Bertz CT molecular complexity index is 520. The average Bonchev–Trinajstić information content (AvgIpc) is 2.36. The Morgan fingerprint density at radius 3 is 1.94 bits per heavy atom. The molecular formula is C12H7N3O. The minimum Gasteiger partial charge on any atom is -0.497 e. The third kappa shape index (κ3) is 2.18. The highest BCUT2D eigenvalue weighted by Crippen LogP contribution is 2.20. The zero-order valence-corrected chi connectivity index (χ0v) is 8.56. The van der Waals surface area contributed by atoms with Gasteiger partial charge in [0.15, 0.2) is 0 Å². The lowest BCUT2D eigenvalue weighted by Crippen LogP contribution is -1.88. The van der Waals surface area contributed by atoms with Crippen LogP contribution in [0.15, 0.2) is 29.8 Å². The first-order chi connectivity index (χ1) is 7.76. The fourth-order valence-electron chi connectivity index (χ4n) is 1.16. The molecule has 0 fully saturated rings. The van der Waals surface area contributed by atoms with Gasteiger partial charge in [0, 0.05) is 0 Å². The van der Waals surface area contributed by atoms with E-state index < -0.39 is 0 Å². The molecule has 0 unspecified atom stereocenters. The zero-order chi connectivity index (χ0) is 12.0. The van der Waals surface area contributed by atoms with Gasteiger partial charge in [-0.2, -0.15) is 15.8 Å². The van der Waals surface area contributed by atoms with Gasteiger partial charge < -0.3 is 4.74 Å². The maximum atomic E-state index is 8.90. The van der Waals surface area contributed by atoms with E-state index >= 15 is 0 Å². The standard InChI is InChI=1S/C12H7N3O/c1-16-11-4-2-9(3-5-11)12(8-15)10(6-13)7-14/h2-5H,1H3. The normalized spacial score (nSPS) is 8.12. The third-order valence-corrected chi connectivity index (χ3v) is 1.96. The molecule has 1 aromatic carbocycles. The van der Waals surface area contributed by atoms with Gasteiger partial charge in [0.05, 0.1) is 12.7 Å². The van der Waals surface area contributed by atoms with Crippen LogP contribution < -0.4 is 4.74 Å². The van der Waals surface area contributed by atoms with Crippen molar-refractivity contribution < 1.29 is 4.74 Å². The summed E-state index contributed by atoms with van der Waals surface area (Å²) in [6, 6.07) is 11.8. The lowest BCUT2D eigenvalue weighted by molar-refractivity contribution is 0.415. The number of nitrogens with zero attached hydrogens (tertiary/aromatic N) is 3. The molecule has 0 saturated carbocycles. The Kier molecular flexibility index (Phi) is 3.67. The van der Waals surface area contributed by atoms with E-state index in [-0.39, 0.29) is 11.1 Å². The van der Waals surface area contributed by atoms with Crippen LogP contribution in [0.2, 0.25) is 0 Å². The van der Waals surface area contributed by atoms with Crippen LogP contribution in [0.1, 0.15) is 5.56 Å². The lowest BCUT2D eigenvalue weighted by atomic mass is 10.0. The number of hydrogen-bond donors (Lipinski definition) is 0. The Morgan fingerprint density at radius 1 is 1.00 bits per heavy atom. The molecule has 0 aromatic heterocycles. The van der Waals surface area contributed by atoms with Gasteiger partial charge >= 0.3 is 0 Å². The fraction of sp³-hybridized carbons (Fsp3) is 0.0833. The molecule has 0 radical (unpaired) electrons. The predicted octanol–water partition coefficient (Wildman–Crippen LogP) is 2.02. The third-order valence-electron chi connectivity index (χ3n) is 1.96. The van der Waals surface area contributed by atoms with Gasteiger partial charge in [-0.05, 0) is 29.8 Å². The van der Waals surface area contributed by atoms with Crippen LogP contribution in [-0.4, -0.2) is 7.11 Å². The molecule has 0 atom stereocenters. The van der Waals surface area contributed by atoms with Crippen LogP contribution in [0.25, 0.3) is 5.57 Å². The smallest absolute Gasteiger partial charge is 0.148 e. The Balaban J connectivity index is 3.28. The molecule has 4 heteroatoms. The van der Waals surface area contributed by atoms with Crippen molar-refractivity contribution in [3.8, 4) is 24.0 Å². The summed E-state index contributed by atoms with van der Waals surface area (Å²) in [6.07, 6.45) is 0. The molecule has 0 amide bonds. The van der Waals surface area contributed by atoms with E-state index in [0.29, 0.717) is 11.3 Å². The Morgan fingerprint density at radius 2 is 1.56 bits per heavy atom. The Hall–Kier alpha value is -2.77. The van der Waals surface area contributed by atoms with E-state index in [4.69, 9.17) is 20.5 Å². The first kappa shape index (κ1) is 11.3. The first-order valence-corrected chi connectivity index (χ1v) is 4.35. The maximum absolute atomic E-state index is 8.90. The highest BCUT2D eigenvalue weighted by atomic mass is 16.5. The number of ether oxygens (including phenoxy) is 1. The van der Waals surface area contributed by atoms with Gasteiger partial charge in [0.2, 0.25) is 0 Å². The predicted molar refractivity (Wildman–Crippen MR) is 56.8 cm³/mol. The van der Waals surface area contributed by atoms with Gasteiger partial charge in [-0.25, -0.2) is 0 Å². The highest BCUT2D eigenvalue weighted by Gasteiger charge is 2.08. The van der Waals surface area contributed by atoms with Crippen molar-refractivity contribution in [3.05, 3.63) is 35.4 Å². The summed E-state index contributed by atoms with van der Waals surface area (Å²) < 4.78 is 4.97. The van der Waals surface area contributed by atoms with Crippen LogP contribution in [-0.2, 0) is 0 Å². The summed E-state index contributed by atoms with van der Waals surface area (Å²) in [5.74, 6) is 0.650. The number of nitriles is 3. The second-order valence-electron chi connectivity index (χ2n) is 2.81. The molecular weight excluding hydrogens is 202 g/mol. The number of allylic oxidation sites excluding steroid dienone is 2. The average molecular weight is 209 g/mol. The molecule has 0 aliphatic rings. The number of rotatable bonds is 2. The van der Waals surface area contributed by atoms with Gasteiger partial charge in [0.1, 0.15) is 29.5 Å². The summed E-state index contributed by atoms with van der Waals surface area (Å²) >= 11 is 0. The van der Waals surface area contributed by atoms with Crippen molar-refractivity contribution in [1.29, 1.82) is 15.8 Å². The molecule has 76 valence electrons. The van der Waals surface area contributed by atoms with E-state index in [1.807, 2.05) is 6.07 Å². The van der Waals surface area contributed by atoms with Crippen LogP contribution in [0.3, 0.4) is 0 Å². The van der Waals surface area contributed by atoms with Gasteiger partial charge in [-0.1, -0.05) is 0 Å². The molecule has 0 saturated heterocycles. The summed E-state index contributed by atoms with van der Waals surface area (Å²) in [5, 5.41) is 26.3. The largest absolute Gasteiger partial charge is 0.497 e. The minimum atomic E-state index is -0.187. The van der Waals surface area contributed by atoms with Gasteiger partial charge in [0.25, 0.3) is 0 Å². The molecule has 1 rings (SSSR count). The zero-order valence-electron chi connectivity index (χ0n) is 8.56. The fourth-order valence-corrected chi connectivity index (χ4v) is 1.16. The second kappa shape index (κ2) is 5.20. The summed E-state index contributed by atoms with van der Waals surface area (Å²) in [5.41, 5.74) is 0.418. The second-order valence-corrected chi connectivity index (χ2v) is 2.81. The molecule has 1 aromatic rings. The van der Waals surface area contributed by atoms with Crippen LogP contribution in [0, 0.1) is 34.0 Å². The number of benzene rings is 1. The molecule has 0 bridgehead atoms. The molecule has 0 aliphatic carbocycles. The van der Waals surface area contributed by atoms with Crippen molar-refractivity contribution in [2.45, 2.75) is 0 Å². The molecule has 0 spiro atoms. The van der Waals surface area contributed by atoms with E-state index in [2.05, 4.69) is 0 Å². The minimum absolute atomic E-state index is 0.0765. The van der Waals surface area contributed by atoms with Crippen molar-refractivity contribution in [2.75, 3.05) is 7.11 Å². The molecule has 0 aliphatic heterocycles. The SMILES string of the molecule is COc1ccc(C(C#N)=C(C#N)C#N)cc1. The molecule has 4 nitrogen and oxygen atoms in total. The number of hydrogen-bond acceptors (Lipinski definition) is 4. The van der Waals surface area contributed by atoms with Crippen molar-refractivity contribution in [2.24, 2.45) is 0 Å². The Labute approximate surface area is 93.2 Å². The van der Waals surface area contributed by atoms with Crippen LogP contribution >= 0.6 is 0 Å². The lowest BCUT2D eigenvalue weighted by Gasteiger charge is -2.01. The van der Waals surface area contributed by atoms with Crippen molar-refractivity contribution in [1.82, 2.24) is 0 Å². The molecule has 0 N–H and O–H groups in total. The topological polar surface area (TPSA) is 80.6 Å². The quantitative estimate of drug-likeness (QED) is 0.698. The maximum Gasteiger partial charge on any atom is 0.148 e. The summed E-state index contributed by atoms with van der Waals surface area (Å²) in [7, 11) is 1.53. The van der Waals surface area contributed by atoms with E-state index in [1.165, 1.54) is 7.11 Å². The van der Waals surface area contributed by atoms with Crippen LogP contribution in [0.5, 0.6) is 5.75 Å². The van der Waals surface area contributed by atoms with Crippen LogP contribution in [0.4, 0.5) is 0 Å². The van der Waals surface area contributed by atoms with E-state index in [1.54, 1.807) is 36.4 Å². The van der Waals surface area contributed by atoms with Gasteiger partial charge in [-0.15, -0.1) is 0 Å². The van der Waals surface area contributed by atoms with Crippen molar-refractivity contribution in [3.63, 3.8) is 0 Å². The summed E-state index contributed by atoms with van der Waals surface area (Å²) in [4.78, 5) is 0. The highest BCUT2D eigenvalue weighted by molar-refractivity contribution is 5.84. The summed E-state index contributed by atoms with van der Waals surface area (Å²) in [6.45, 7) is 0. The monoisotopic (exact) mass is 209 g/mol. The molecule has 0 heterocycles. The van der Waals surface area contributed by atoms with Crippen molar-refractivity contribution >= 4 is 5.57 Å². The number of methoxy groups -OCH3 is 1. The first-order valence-electron chi connectivity index (χ1n) is 4.35. The molecule has 16 heavy (non-hydrogen) atoms. The van der Waals surface area contributed by atoms with Gasteiger partial charge in [-0.3, -0.25) is 0 Å². The van der Waals surface area contributed by atoms with E-state index in [0.717, 1.165) is 0 Å².